The lowest BCUT2D eigenvalue weighted by atomic mass is 9.69. The first-order valence-corrected chi connectivity index (χ1v) is 12.3. The number of carbonyl (C=O) groups is 3. The maximum atomic E-state index is 12.7. The van der Waals surface area contributed by atoms with Crippen molar-refractivity contribution in [3.05, 3.63) is 59.7 Å². The van der Waals surface area contributed by atoms with E-state index in [1.165, 1.54) is 49.9 Å². The first-order valence-electron chi connectivity index (χ1n) is 12.3. The van der Waals surface area contributed by atoms with E-state index in [-0.39, 0.29) is 23.0 Å². The number of rotatable bonds is 6. The van der Waals surface area contributed by atoms with E-state index in [1.54, 1.807) is 24.3 Å². The zero-order valence-electron chi connectivity index (χ0n) is 19.6. The molecule has 1 N–H and O–H groups in total. The van der Waals surface area contributed by atoms with Gasteiger partial charge in [-0.05, 0) is 105 Å². The molecule has 0 aliphatic heterocycles. The lowest BCUT2D eigenvalue weighted by molar-refractivity contribution is -0.140. The molecule has 0 spiro atoms. The van der Waals surface area contributed by atoms with Crippen LogP contribution in [0.4, 0.5) is 0 Å². The summed E-state index contributed by atoms with van der Waals surface area (Å²) in [5.41, 5.74) is 0.346. The molecule has 0 atom stereocenters. The van der Waals surface area contributed by atoms with Gasteiger partial charge in [-0.3, -0.25) is 4.79 Å². The molecule has 0 unspecified atom stereocenters. The van der Waals surface area contributed by atoms with Crippen molar-refractivity contribution in [3.8, 4) is 11.5 Å². The number of ether oxygens (including phenoxy) is 2. The summed E-state index contributed by atoms with van der Waals surface area (Å²) < 4.78 is 10.9. The fraction of sp³-hybridized carbons (Fsp3) is 0.464. The predicted octanol–water partition coefficient (Wildman–Crippen LogP) is 6.14. The minimum atomic E-state index is -1.06. The number of carboxylic acids is 1. The summed E-state index contributed by atoms with van der Waals surface area (Å²) in [4.78, 5) is 35.9. The molecular formula is C28H32O6. The van der Waals surface area contributed by atoms with Gasteiger partial charge >= 0.3 is 17.9 Å². The average Bonchev–Trinajstić information content (AvgIpc) is 2.86. The van der Waals surface area contributed by atoms with E-state index in [0.29, 0.717) is 11.5 Å². The Morgan fingerprint density at radius 3 is 1.68 bits per heavy atom. The van der Waals surface area contributed by atoms with Crippen LogP contribution in [-0.2, 0) is 4.79 Å². The van der Waals surface area contributed by atoms with Crippen molar-refractivity contribution in [1.29, 1.82) is 0 Å². The largest absolute Gasteiger partial charge is 0.478 e. The summed E-state index contributed by atoms with van der Waals surface area (Å²) in [6.07, 6.45) is 9.38. The first-order chi connectivity index (χ1) is 16.4. The summed E-state index contributed by atoms with van der Waals surface area (Å²) in [5.74, 6) is 1.31. The maximum Gasteiger partial charge on any atom is 0.343 e. The van der Waals surface area contributed by atoms with Crippen molar-refractivity contribution >= 4 is 17.9 Å². The number of carboxylic acid groups (broad SMARTS) is 1. The van der Waals surface area contributed by atoms with E-state index in [1.807, 2.05) is 0 Å². The van der Waals surface area contributed by atoms with Crippen LogP contribution in [0.15, 0.2) is 48.5 Å². The number of hydrogen-bond donors (Lipinski definition) is 1. The molecule has 0 aromatic heterocycles. The van der Waals surface area contributed by atoms with Gasteiger partial charge in [0, 0.05) is 0 Å². The second-order valence-electron chi connectivity index (χ2n) is 9.80. The molecule has 2 fully saturated rings. The van der Waals surface area contributed by atoms with Gasteiger partial charge in [0.05, 0.1) is 17.0 Å². The minimum absolute atomic E-state index is 0.0509. The number of hydrogen-bond acceptors (Lipinski definition) is 5. The van der Waals surface area contributed by atoms with E-state index in [4.69, 9.17) is 14.6 Å². The van der Waals surface area contributed by atoms with Crippen LogP contribution in [0, 0.1) is 23.7 Å². The lowest BCUT2D eigenvalue weighted by Gasteiger charge is -2.36. The lowest BCUT2D eigenvalue weighted by Crippen LogP contribution is -2.29. The fourth-order valence-electron chi connectivity index (χ4n) is 5.27. The van der Waals surface area contributed by atoms with Crippen LogP contribution >= 0.6 is 0 Å². The molecule has 2 aliphatic carbocycles. The predicted molar refractivity (Wildman–Crippen MR) is 127 cm³/mol. The third kappa shape index (κ3) is 6.04. The van der Waals surface area contributed by atoms with E-state index < -0.39 is 11.9 Å². The number of aromatic carboxylic acids is 1. The topological polar surface area (TPSA) is 89.9 Å². The minimum Gasteiger partial charge on any atom is -0.478 e. The second kappa shape index (κ2) is 10.9. The normalized spacial score (nSPS) is 24.7. The molecule has 2 aromatic rings. The molecule has 0 radical (unpaired) electrons. The monoisotopic (exact) mass is 464 g/mol. The average molecular weight is 465 g/mol. The zero-order chi connectivity index (χ0) is 24.1. The van der Waals surface area contributed by atoms with Crippen LogP contribution in [-0.4, -0.2) is 23.0 Å². The van der Waals surface area contributed by atoms with Gasteiger partial charge < -0.3 is 14.6 Å². The van der Waals surface area contributed by atoms with Crippen LogP contribution in [0.2, 0.25) is 0 Å². The summed E-state index contributed by atoms with van der Waals surface area (Å²) in [6.45, 7) is 2.35. The van der Waals surface area contributed by atoms with Crippen molar-refractivity contribution < 1.29 is 29.0 Å². The van der Waals surface area contributed by atoms with E-state index in [2.05, 4.69) is 6.92 Å². The third-order valence-electron chi connectivity index (χ3n) is 7.45. The van der Waals surface area contributed by atoms with E-state index >= 15 is 0 Å². The number of benzene rings is 2. The Labute approximate surface area is 200 Å². The second-order valence-corrected chi connectivity index (χ2v) is 9.80. The van der Waals surface area contributed by atoms with Gasteiger partial charge in [-0.15, -0.1) is 0 Å². The summed E-state index contributed by atoms with van der Waals surface area (Å²) in [6, 6.07) is 11.9. The molecule has 4 rings (SSSR count). The molecule has 0 amide bonds. The van der Waals surface area contributed by atoms with Crippen molar-refractivity contribution in [1.82, 2.24) is 0 Å². The Balaban J connectivity index is 1.24. The van der Waals surface area contributed by atoms with Gasteiger partial charge in [0.15, 0.2) is 0 Å². The molecule has 0 bridgehead atoms. The highest BCUT2D eigenvalue weighted by molar-refractivity contribution is 5.93. The van der Waals surface area contributed by atoms with Gasteiger partial charge in [0.2, 0.25) is 0 Å². The quantitative estimate of drug-likeness (QED) is 0.408. The zero-order valence-corrected chi connectivity index (χ0v) is 19.6. The van der Waals surface area contributed by atoms with Crippen molar-refractivity contribution in [2.45, 2.75) is 58.3 Å². The molecule has 2 saturated carbocycles. The number of esters is 2. The van der Waals surface area contributed by atoms with Crippen LogP contribution in [0.25, 0.3) is 0 Å². The van der Waals surface area contributed by atoms with Crippen LogP contribution in [0.3, 0.4) is 0 Å². The van der Waals surface area contributed by atoms with Gasteiger partial charge in [0.25, 0.3) is 0 Å². The Morgan fingerprint density at radius 2 is 1.15 bits per heavy atom. The molecule has 6 nitrogen and oxygen atoms in total. The molecule has 2 aromatic carbocycles. The molecule has 180 valence electrons. The Morgan fingerprint density at radius 1 is 0.676 bits per heavy atom. The molecule has 0 saturated heterocycles. The first kappa shape index (κ1) is 24.0. The maximum absolute atomic E-state index is 12.7. The highest BCUT2D eigenvalue weighted by atomic mass is 16.5. The Hall–Kier alpha value is -3.15. The highest BCUT2D eigenvalue weighted by Gasteiger charge is 2.33. The smallest absolute Gasteiger partial charge is 0.343 e. The van der Waals surface area contributed by atoms with Crippen molar-refractivity contribution in [2.24, 2.45) is 23.7 Å². The van der Waals surface area contributed by atoms with Gasteiger partial charge in [0.1, 0.15) is 11.5 Å². The Kier molecular flexibility index (Phi) is 7.66. The van der Waals surface area contributed by atoms with Crippen molar-refractivity contribution in [3.63, 3.8) is 0 Å². The standard InChI is InChI=1S/C28H32O6/c1-18-2-4-19(5-3-18)20-6-10-22(11-7-20)27(31)33-24-14-16-25(17-15-24)34-28(32)23-12-8-21(9-13-23)26(29)30/h8-9,12-20,22H,2-7,10-11H2,1H3,(H,29,30). The van der Waals surface area contributed by atoms with Crippen LogP contribution < -0.4 is 9.47 Å². The number of carbonyl (C=O) groups excluding carboxylic acids is 2. The molecule has 6 heteroatoms. The van der Waals surface area contributed by atoms with E-state index in [0.717, 1.165) is 43.4 Å². The molecule has 0 heterocycles. The van der Waals surface area contributed by atoms with E-state index in [9.17, 15) is 14.4 Å². The summed E-state index contributed by atoms with van der Waals surface area (Å²) >= 11 is 0. The van der Waals surface area contributed by atoms with Gasteiger partial charge in [-0.1, -0.05) is 19.8 Å². The molecule has 2 aliphatic rings. The van der Waals surface area contributed by atoms with Crippen LogP contribution in [0.1, 0.15) is 79.0 Å². The SMILES string of the molecule is CC1CCC(C2CCC(C(=O)Oc3ccc(OC(=O)c4ccc(C(=O)O)cc4)cc3)CC2)CC1. The van der Waals surface area contributed by atoms with Gasteiger partial charge in [-0.2, -0.15) is 0 Å². The van der Waals surface area contributed by atoms with Crippen LogP contribution in [0.5, 0.6) is 11.5 Å². The molecular weight excluding hydrogens is 432 g/mol. The summed E-state index contributed by atoms with van der Waals surface area (Å²) in [7, 11) is 0. The van der Waals surface area contributed by atoms with Crippen molar-refractivity contribution in [2.75, 3.05) is 0 Å². The summed E-state index contributed by atoms with van der Waals surface area (Å²) in [5, 5.41) is 8.94. The fourth-order valence-corrected chi connectivity index (χ4v) is 5.27. The van der Waals surface area contributed by atoms with Gasteiger partial charge in [-0.25, -0.2) is 9.59 Å². The Bertz CT molecular complexity index is 994. The highest BCUT2D eigenvalue weighted by Crippen LogP contribution is 2.41. The molecule has 34 heavy (non-hydrogen) atoms. The third-order valence-corrected chi connectivity index (χ3v) is 7.45.